The van der Waals surface area contributed by atoms with Gasteiger partial charge in [0.25, 0.3) is 5.91 Å². The Bertz CT molecular complexity index is 1220. The number of Topliss-reactive ketones (excluding diaryl/α,β-unsaturated/α-hetero) is 1. The molecule has 2 amide bonds. The molecule has 10 nitrogen and oxygen atoms in total. The van der Waals surface area contributed by atoms with Crippen molar-refractivity contribution < 1.29 is 19.1 Å². The molecule has 0 aliphatic carbocycles. The van der Waals surface area contributed by atoms with Crippen molar-refractivity contribution in [1.29, 1.82) is 0 Å². The fourth-order valence-corrected chi connectivity index (χ4v) is 3.62. The third-order valence-corrected chi connectivity index (χ3v) is 5.04. The lowest BCUT2D eigenvalue weighted by Gasteiger charge is -2.15. The molecule has 0 aliphatic rings. The van der Waals surface area contributed by atoms with Crippen LogP contribution in [0, 0.1) is 6.92 Å². The summed E-state index contributed by atoms with van der Waals surface area (Å²) in [6.07, 6.45) is 0.527. The van der Waals surface area contributed by atoms with E-state index in [1.807, 2.05) is 0 Å². The van der Waals surface area contributed by atoms with Crippen LogP contribution in [0.1, 0.15) is 26.4 Å². The Morgan fingerprint density at radius 3 is 2.69 bits per heavy atom. The largest absolute Gasteiger partial charge is 0.440 e. The number of nitrogens with zero attached hydrogens (tertiary/aromatic N) is 3. The zero-order chi connectivity index (χ0) is 23.4. The number of rotatable bonds is 6. The van der Waals surface area contributed by atoms with E-state index in [1.54, 1.807) is 30.5 Å². The van der Waals surface area contributed by atoms with Crippen molar-refractivity contribution in [3.05, 3.63) is 68.0 Å². The van der Waals surface area contributed by atoms with Gasteiger partial charge in [0, 0.05) is 22.8 Å². The lowest BCUT2D eigenvalue weighted by molar-refractivity contribution is 0.0845. The fraction of sp³-hybridized carbons (Fsp3) is 0.105. The number of ether oxygens (including phenoxy) is 1. The molecule has 4 N–H and O–H groups in total. The molecular formula is C19H15BrCl2N6O4. The Balaban J connectivity index is 1.96. The van der Waals surface area contributed by atoms with Crippen LogP contribution in [0.5, 0.6) is 0 Å². The van der Waals surface area contributed by atoms with E-state index in [2.05, 4.69) is 31.3 Å². The molecule has 0 saturated carbocycles. The van der Waals surface area contributed by atoms with E-state index < -0.39 is 24.4 Å². The molecule has 13 heteroatoms. The van der Waals surface area contributed by atoms with Crippen LogP contribution in [0.3, 0.4) is 0 Å². The summed E-state index contributed by atoms with van der Waals surface area (Å²) in [5, 5.41) is 7.46. The molecule has 2 aromatic heterocycles. The first-order valence-electron chi connectivity index (χ1n) is 8.85. The minimum Gasteiger partial charge on any atom is -0.440 e. The van der Waals surface area contributed by atoms with Crippen LogP contribution < -0.4 is 16.6 Å². The molecule has 0 aliphatic heterocycles. The molecular weight excluding hydrogens is 527 g/mol. The van der Waals surface area contributed by atoms with Gasteiger partial charge in [-0.3, -0.25) is 15.0 Å². The molecule has 0 saturated heterocycles. The summed E-state index contributed by atoms with van der Waals surface area (Å²) in [7, 11) is 0. The van der Waals surface area contributed by atoms with Gasteiger partial charge in [0.1, 0.15) is 10.3 Å². The quantitative estimate of drug-likeness (QED) is 0.187. The van der Waals surface area contributed by atoms with Crippen LogP contribution in [0.15, 0.2) is 41.1 Å². The summed E-state index contributed by atoms with van der Waals surface area (Å²) in [5.41, 5.74) is 2.61. The predicted molar refractivity (Wildman–Crippen MR) is 121 cm³/mol. The molecule has 0 atom stereocenters. The van der Waals surface area contributed by atoms with Crippen LogP contribution in [0.4, 0.5) is 10.5 Å². The van der Waals surface area contributed by atoms with E-state index in [-0.39, 0.29) is 32.8 Å². The van der Waals surface area contributed by atoms with Crippen molar-refractivity contribution >= 4 is 62.6 Å². The van der Waals surface area contributed by atoms with Gasteiger partial charge in [0.2, 0.25) is 5.78 Å². The first kappa shape index (κ1) is 23.7. The first-order valence-corrected chi connectivity index (χ1v) is 10.4. The number of nitrogens with one attached hydrogen (secondary N) is 2. The number of benzene rings is 1. The van der Waals surface area contributed by atoms with Gasteiger partial charge < -0.3 is 10.1 Å². The van der Waals surface area contributed by atoms with Crippen molar-refractivity contribution in [3.8, 4) is 5.82 Å². The maximum Gasteiger partial charge on any atom is 0.421 e. The standard InChI is InChI=1S/C19H15BrCl2N6O4/c1-9-5-10(21)6-11(14(29)8-32-19(31)26-23)16(9)25-18(30)13-7-15(20)27-28(13)17-12(22)3-2-4-24-17/h2-7H,8,23H2,1H3,(H,25,30)(H,26,31). The summed E-state index contributed by atoms with van der Waals surface area (Å²) in [5.74, 6) is 3.99. The van der Waals surface area contributed by atoms with Gasteiger partial charge in [-0.25, -0.2) is 20.3 Å². The number of ketones is 1. The topological polar surface area (TPSA) is 141 Å². The smallest absolute Gasteiger partial charge is 0.421 e. The van der Waals surface area contributed by atoms with E-state index in [4.69, 9.17) is 33.8 Å². The second-order valence-electron chi connectivity index (χ2n) is 6.32. The normalized spacial score (nSPS) is 10.5. The monoisotopic (exact) mass is 540 g/mol. The molecule has 2 heterocycles. The number of pyridine rings is 1. The maximum atomic E-state index is 13.1. The fourth-order valence-electron chi connectivity index (χ4n) is 2.77. The number of hydrogen-bond donors (Lipinski definition) is 3. The molecule has 0 fully saturated rings. The third-order valence-electron chi connectivity index (χ3n) is 4.14. The lowest BCUT2D eigenvalue weighted by Crippen LogP contribution is -2.32. The average molecular weight is 542 g/mol. The van der Waals surface area contributed by atoms with E-state index in [0.29, 0.717) is 10.2 Å². The SMILES string of the molecule is Cc1cc(Cl)cc(C(=O)COC(=O)NN)c1NC(=O)c1cc(Br)nn1-c1ncccc1Cl. The third kappa shape index (κ3) is 5.25. The number of aryl methyl sites for hydroxylation is 1. The Morgan fingerprint density at radius 1 is 1.25 bits per heavy atom. The van der Waals surface area contributed by atoms with Crippen molar-refractivity contribution in [2.45, 2.75) is 6.92 Å². The number of carbonyl (C=O) groups excluding carboxylic acids is 3. The molecule has 0 unspecified atom stereocenters. The van der Waals surface area contributed by atoms with Gasteiger partial charge in [0.05, 0.1) is 10.7 Å². The van der Waals surface area contributed by atoms with Crippen LogP contribution in [-0.4, -0.2) is 39.2 Å². The molecule has 166 valence electrons. The Labute approximate surface area is 200 Å². The Kier molecular flexibility index (Phi) is 7.46. The van der Waals surface area contributed by atoms with Crippen LogP contribution in [0.2, 0.25) is 10.0 Å². The first-order chi connectivity index (χ1) is 15.2. The van der Waals surface area contributed by atoms with E-state index in [1.165, 1.54) is 23.0 Å². The van der Waals surface area contributed by atoms with Crippen LogP contribution in [-0.2, 0) is 4.74 Å². The predicted octanol–water partition coefficient (Wildman–Crippen LogP) is 3.68. The minimum absolute atomic E-state index is 0.0502. The van der Waals surface area contributed by atoms with Crippen molar-refractivity contribution in [3.63, 3.8) is 0 Å². The number of halogens is 3. The Morgan fingerprint density at radius 2 is 2.00 bits per heavy atom. The number of amides is 2. The number of hydrazine groups is 1. The highest BCUT2D eigenvalue weighted by Gasteiger charge is 2.23. The van der Waals surface area contributed by atoms with Gasteiger partial charge in [0.15, 0.2) is 12.4 Å². The minimum atomic E-state index is -0.983. The highest BCUT2D eigenvalue weighted by molar-refractivity contribution is 9.10. The van der Waals surface area contributed by atoms with E-state index in [0.717, 1.165) is 0 Å². The summed E-state index contributed by atoms with van der Waals surface area (Å²) in [6, 6.07) is 7.66. The Hall–Kier alpha value is -2.99. The zero-order valence-electron chi connectivity index (χ0n) is 16.4. The molecule has 32 heavy (non-hydrogen) atoms. The van der Waals surface area contributed by atoms with Gasteiger partial charge in [-0.2, -0.15) is 5.10 Å². The van der Waals surface area contributed by atoms with Gasteiger partial charge in [-0.15, -0.1) is 0 Å². The highest BCUT2D eigenvalue weighted by Crippen LogP contribution is 2.28. The van der Waals surface area contributed by atoms with Crippen LogP contribution in [0.25, 0.3) is 5.82 Å². The maximum absolute atomic E-state index is 13.1. The molecule has 0 spiro atoms. The summed E-state index contributed by atoms with van der Waals surface area (Å²) < 4.78 is 6.34. The van der Waals surface area contributed by atoms with Gasteiger partial charge in [-0.05, 0) is 52.7 Å². The number of hydrogen-bond acceptors (Lipinski definition) is 7. The number of nitrogens with two attached hydrogens (primary N) is 1. The molecule has 0 bridgehead atoms. The van der Waals surface area contributed by atoms with Crippen LogP contribution >= 0.6 is 39.1 Å². The zero-order valence-corrected chi connectivity index (χ0v) is 19.5. The van der Waals surface area contributed by atoms with E-state index in [9.17, 15) is 14.4 Å². The van der Waals surface area contributed by atoms with Crippen molar-refractivity contribution in [2.75, 3.05) is 11.9 Å². The lowest BCUT2D eigenvalue weighted by atomic mass is 10.0. The second-order valence-corrected chi connectivity index (χ2v) is 7.97. The summed E-state index contributed by atoms with van der Waals surface area (Å²) >= 11 is 15.5. The number of carbonyl (C=O) groups is 3. The number of aromatic nitrogens is 3. The summed E-state index contributed by atoms with van der Waals surface area (Å²) in [6.45, 7) is 1.05. The van der Waals surface area contributed by atoms with Crippen molar-refractivity contribution in [2.24, 2.45) is 5.84 Å². The van der Waals surface area contributed by atoms with E-state index >= 15 is 0 Å². The molecule has 3 aromatic rings. The molecule has 3 rings (SSSR count). The average Bonchev–Trinajstić information content (AvgIpc) is 3.15. The highest BCUT2D eigenvalue weighted by atomic mass is 79.9. The van der Waals surface area contributed by atoms with Crippen molar-refractivity contribution in [1.82, 2.24) is 20.2 Å². The molecule has 0 radical (unpaired) electrons. The summed E-state index contributed by atoms with van der Waals surface area (Å²) in [4.78, 5) is 41.1. The van der Waals surface area contributed by atoms with Gasteiger partial charge >= 0.3 is 6.09 Å². The number of anilines is 1. The van der Waals surface area contributed by atoms with Gasteiger partial charge in [-0.1, -0.05) is 23.2 Å². The molecule has 1 aromatic carbocycles. The second kappa shape index (κ2) is 10.1.